The van der Waals surface area contributed by atoms with E-state index in [0.717, 1.165) is 44.2 Å². The van der Waals surface area contributed by atoms with Gasteiger partial charge in [0.05, 0.1) is 4.90 Å². The molecule has 0 aliphatic heterocycles. The monoisotopic (exact) mass is 304 g/mol. The molecule has 1 fully saturated rings. The molecule has 112 valence electrons. The minimum atomic E-state index is -3.95. The number of hydrogen-bond acceptors (Lipinski definition) is 3. The van der Waals surface area contributed by atoms with Gasteiger partial charge in [-0.25, -0.2) is 21.9 Å². The smallest absolute Gasteiger partial charge is 0.240 e. The van der Waals surface area contributed by atoms with Crippen LogP contribution in [-0.2, 0) is 10.0 Å². The molecule has 2 rings (SSSR count). The lowest BCUT2D eigenvalue weighted by atomic mass is 9.83. The first-order valence-electron chi connectivity index (χ1n) is 6.55. The molecule has 0 saturated heterocycles. The van der Waals surface area contributed by atoms with Crippen LogP contribution >= 0.6 is 0 Å². The SMILES string of the molecule is NC1(CNS(=O)(=O)c2cc(F)cc(F)c2)CCCCC1. The van der Waals surface area contributed by atoms with E-state index in [1.54, 1.807) is 0 Å². The molecule has 7 heteroatoms. The Hall–Kier alpha value is -1.05. The van der Waals surface area contributed by atoms with Gasteiger partial charge in [-0.2, -0.15) is 0 Å². The average Bonchev–Trinajstić information content (AvgIpc) is 2.37. The van der Waals surface area contributed by atoms with Crippen molar-refractivity contribution in [2.45, 2.75) is 42.5 Å². The molecule has 4 nitrogen and oxygen atoms in total. The topological polar surface area (TPSA) is 72.2 Å². The molecule has 0 unspecified atom stereocenters. The van der Waals surface area contributed by atoms with Crippen molar-refractivity contribution < 1.29 is 17.2 Å². The highest BCUT2D eigenvalue weighted by Crippen LogP contribution is 2.25. The first-order valence-corrected chi connectivity index (χ1v) is 8.04. The van der Waals surface area contributed by atoms with Crippen LogP contribution in [0, 0.1) is 11.6 Å². The van der Waals surface area contributed by atoms with E-state index in [9.17, 15) is 17.2 Å². The van der Waals surface area contributed by atoms with Crippen LogP contribution in [0.25, 0.3) is 0 Å². The summed E-state index contributed by atoms with van der Waals surface area (Å²) in [4.78, 5) is -0.422. The van der Waals surface area contributed by atoms with Gasteiger partial charge in [-0.3, -0.25) is 0 Å². The maximum atomic E-state index is 13.1. The van der Waals surface area contributed by atoms with E-state index in [1.165, 1.54) is 0 Å². The third-order valence-electron chi connectivity index (χ3n) is 3.61. The lowest BCUT2D eigenvalue weighted by Gasteiger charge is -2.33. The highest BCUT2D eigenvalue weighted by atomic mass is 32.2. The van der Waals surface area contributed by atoms with Crippen LogP contribution in [0.5, 0.6) is 0 Å². The summed E-state index contributed by atoms with van der Waals surface area (Å²) in [6.45, 7) is 0.0769. The molecule has 0 bridgehead atoms. The van der Waals surface area contributed by atoms with Gasteiger partial charge in [0.1, 0.15) is 11.6 Å². The van der Waals surface area contributed by atoms with Crippen molar-refractivity contribution in [1.29, 1.82) is 0 Å². The summed E-state index contributed by atoms with van der Waals surface area (Å²) in [6, 6.07) is 2.20. The maximum absolute atomic E-state index is 13.1. The van der Waals surface area contributed by atoms with Gasteiger partial charge in [0, 0.05) is 18.2 Å². The van der Waals surface area contributed by atoms with Crippen LogP contribution in [0.4, 0.5) is 8.78 Å². The van der Waals surface area contributed by atoms with Crippen LogP contribution in [-0.4, -0.2) is 20.5 Å². The second-order valence-corrected chi connectivity index (χ2v) is 7.12. The molecule has 1 saturated carbocycles. The summed E-state index contributed by atoms with van der Waals surface area (Å²) in [5.41, 5.74) is 5.56. The number of benzene rings is 1. The molecule has 0 heterocycles. The Morgan fingerprint density at radius 1 is 1.10 bits per heavy atom. The van der Waals surface area contributed by atoms with E-state index in [1.807, 2.05) is 0 Å². The third-order valence-corrected chi connectivity index (χ3v) is 4.99. The normalized spacial score (nSPS) is 18.9. The van der Waals surface area contributed by atoms with Crippen LogP contribution in [0.3, 0.4) is 0 Å². The standard InChI is InChI=1S/C13H18F2N2O2S/c14-10-6-11(15)8-12(7-10)20(18,19)17-9-13(16)4-2-1-3-5-13/h6-8,17H,1-5,9,16H2. The van der Waals surface area contributed by atoms with E-state index in [4.69, 9.17) is 5.73 Å². The van der Waals surface area contributed by atoms with Gasteiger partial charge < -0.3 is 5.73 Å². The molecule has 1 aliphatic rings. The van der Waals surface area contributed by atoms with Gasteiger partial charge >= 0.3 is 0 Å². The van der Waals surface area contributed by atoms with Gasteiger partial charge in [0.25, 0.3) is 0 Å². The summed E-state index contributed by atoms with van der Waals surface area (Å²) in [5.74, 6) is -1.85. The molecule has 3 N–H and O–H groups in total. The molecule has 0 aromatic heterocycles. The fraction of sp³-hybridized carbons (Fsp3) is 0.538. The molecule has 0 radical (unpaired) electrons. The van der Waals surface area contributed by atoms with Gasteiger partial charge in [0.15, 0.2) is 0 Å². The number of nitrogens with two attached hydrogens (primary N) is 1. The number of rotatable bonds is 4. The molecule has 1 aromatic rings. The molecule has 0 atom stereocenters. The van der Waals surface area contributed by atoms with E-state index in [-0.39, 0.29) is 6.54 Å². The quantitative estimate of drug-likeness (QED) is 0.892. The van der Waals surface area contributed by atoms with Gasteiger partial charge in [0.2, 0.25) is 10.0 Å². The predicted octanol–water partition coefficient (Wildman–Crippen LogP) is 1.90. The number of halogens is 2. The number of sulfonamides is 1. The minimum Gasteiger partial charge on any atom is -0.324 e. The molecule has 0 spiro atoms. The summed E-state index contributed by atoms with van der Waals surface area (Å²) < 4.78 is 52.5. The van der Waals surface area contributed by atoms with Crippen molar-refractivity contribution >= 4 is 10.0 Å². The first kappa shape index (κ1) is 15.3. The minimum absolute atomic E-state index is 0.0769. The zero-order chi connectivity index (χ0) is 14.8. The molecular formula is C13H18F2N2O2S. The van der Waals surface area contributed by atoms with Crippen molar-refractivity contribution in [3.8, 4) is 0 Å². The van der Waals surface area contributed by atoms with Crippen LogP contribution in [0.2, 0.25) is 0 Å². The van der Waals surface area contributed by atoms with E-state index in [0.29, 0.717) is 6.07 Å². The van der Waals surface area contributed by atoms with Crippen molar-refractivity contribution in [2.75, 3.05) is 6.54 Å². The molecule has 0 amide bonds. The Kier molecular flexibility index (Phi) is 4.41. The number of hydrogen-bond donors (Lipinski definition) is 2. The van der Waals surface area contributed by atoms with Crippen molar-refractivity contribution in [3.05, 3.63) is 29.8 Å². The predicted molar refractivity (Wildman–Crippen MR) is 71.5 cm³/mol. The van der Waals surface area contributed by atoms with Gasteiger partial charge in [-0.05, 0) is 25.0 Å². The van der Waals surface area contributed by atoms with Crippen LogP contribution < -0.4 is 10.5 Å². The van der Waals surface area contributed by atoms with E-state index in [2.05, 4.69) is 4.72 Å². The first-order chi connectivity index (χ1) is 9.31. The van der Waals surface area contributed by atoms with Gasteiger partial charge in [-0.15, -0.1) is 0 Å². The fourth-order valence-corrected chi connectivity index (χ4v) is 3.62. The number of nitrogens with one attached hydrogen (secondary N) is 1. The summed E-state index contributed by atoms with van der Waals surface area (Å²) >= 11 is 0. The summed E-state index contributed by atoms with van der Waals surface area (Å²) in [7, 11) is -3.95. The zero-order valence-corrected chi connectivity index (χ0v) is 11.8. The van der Waals surface area contributed by atoms with Crippen molar-refractivity contribution in [1.82, 2.24) is 4.72 Å². The largest absolute Gasteiger partial charge is 0.324 e. The molecule has 1 aliphatic carbocycles. The third kappa shape index (κ3) is 3.74. The second-order valence-electron chi connectivity index (χ2n) is 5.35. The lowest BCUT2D eigenvalue weighted by Crippen LogP contribution is -2.51. The second kappa shape index (κ2) is 5.75. The van der Waals surface area contributed by atoms with E-state index >= 15 is 0 Å². The summed E-state index contributed by atoms with van der Waals surface area (Å²) in [6.07, 6.45) is 4.51. The lowest BCUT2D eigenvalue weighted by molar-refractivity contribution is 0.296. The highest BCUT2D eigenvalue weighted by molar-refractivity contribution is 7.89. The van der Waals surface area contributed by atoms with Crippen molar-refractivity contribution in [3.63, 3.8) is 0 Å². The molecule has 1 aromatic carbocycles. The van der Waals surface area contributed by atoms with E-state index < -0.39 is 32.1 Å². The Balaban J connectivity index is 2.11. The Morgan fingerprint density at radius 3 is 2.20 bits per heavy atom. The maximum Gasteiger partial charge on any atom is 0.240 e. The Labute approximate surface area is 117 Å². The fourth-order valence-electron chi connectivity index (χ4n) is 2.44. The zero-order valence-electron chi connectivity index (χ0n) is 11.0. The van der Waals surface area contributed by atoms with Crippen LogP contribution in [0.15, 0.2) is 23.1 Å². The Bertz CT molecular complexity index is 564. The van der Waals surface area contributed by atoms with Crippen LogP contribution in [0.1, 0.15) is 32.1 Å². The molecular weight excluding hydrogens is 286 g/mol. The Morgan fingerprint density at radius 2 is 1.65 bits per heavy atom. The molecule has 20 heavy (non-hydrogen) atoms. The summed E-state index contributed by atoms with van der Waals surface area (Å²) in [5, 5.41) is 0. The highest BCUT2D eigenvalue weighted by Gasteiger charge is 2.29. The van der Waals surface area contributed by atoms with Gasteiger partial charge in [-0.1, -0.05) is 19.3 Å². The van der Waals surface area contributed by atoms with Crippen molar-refractivity contribution in [2.24, 2.45) is 5.73 Å². The average molecular weight is 304 g/mol.